The van der Waals surface area contributed by atoms with Crippen molar-refractivity contribution in [2.45, 2.75) is 38.8 Å². The van der Waals surface area contributed by atoms with Crippen molar-refractivity contribution in [3.05, 3.63) is 105 Å². The van der Waals surface area contributed by atoms with Crippen LogP contribution in [-0.2, 0) is 18.2 Å². The Morgan fingerprint density at radius 1 is 1.09 bits per heavy atom. The van der Waals surface area contributed by atoms with Crippen LogP contribution in [0.15, 0.2) is 84.0 Å². The number of amides is 1. The molecule has 2 aromatic carbocycles. The van der Waals surface area contributed by atoms with Gasteiger partial charge in [0, 0.05) is 49.2 Å². The zero-order valence-corrected chi connectivity index (χ0v) is 25.2. The Labute approximate surface area is 258 Å². The van der Waals surface area contributed by atoms with Gasteiger partial charge in [-0.15, -0.1) is 0 Å². The molecule has 3 N–H and O–H groups in total. The van der Waals surface area contributed by atoms with Gasteiger partial charge < -0.3 is 20.5 Å². The van der Waals surface area contributed by atoms with E-state index in [1.165, 1.54) is 34.5 Å². The first-order valence-corrected chi connectivity index (χ1v) is 14.2. The predicted molar refractivity (Wildman–Crippen MR) is 170 cm³/mol. The molecule has 0 aliphatic carbocycles. The van der Waals surface area contributed by atoms with E-state index in [2.05, 4.69) is 15.6 Å². The van der Waals surface area contributed by atoms with E-state index in [0.717, 1.165) is 5.56 Å². The zero-order valence-electron chi connectivity index (χ0n) is 25.2. The molecule has 1 amide bonds. The Balaban J connectivity index is 1.56. The number of hydrogen-bond donors (Lipinski definition) is 3. The van der Waals surface area contributed by atoms with Crippen LogP contribution in [0, 0.1) is 10.1 Å². The molecule has 0 aliphatic rings. The number of nitrogens with zero attached hydrogens (tertiary/aromatic N) is 5. The van der Waals surface area contributed by atoms with Gasteiger partial charge in [-0.25, -0.2) is 9.78 Å². The molecule has 5 rings (SSSR count). The summed E-state index contributed by atoms with van der Waals surface area (Å²) in [5, 5.41) is 29.4. The summed E-state index contributed by atoms with van der Waals surface area (Å²) in [7, 11) is 1.52. The molecule has 232 valence electrons. The Morgan fingerprint density at radius 2 is 1.80 bits per heavy atom. The summed E-state index contributed by atoms with van der Waals surface area (Å²) in [6.45, 7) is 5.53. The highest BCUT2D eigenvalue weighted by Crippen LogP contribution is 2.37. The molecule has 3 heterocycles. The minimum absolute atomic E-state index is 0.00408. The lowest BCUT2D eigenvalue weighted by atomic mass is 10.1. The maximum Gasteiger partial charge on any atom is 0.407 e. The Bertz CT molecular complexity index is 1910. The number of aromatic nitrogens is 4. The number of nitro groups is 1. The van der Waals surface area contributed by atoms with Crippen LogP contribution < -0.4 is 16.2 Å². The van der Waals surface area contributed by atoms with Crippen LogP contribution in [0.2, 0.25) is 0 Å². The summed E-state index contributed by atoms with van der Waals surface area (Å²) < 4.78 is 7.98. The van der Waals surface area contributed by atoms with Crippen molar-refractivity contribution in [1.29, 1.82) is 0 Å². The maximum atomic E-state index is 14.0. The number of carbonyl (C=O) groups excluding carboxylic acids is 1. The van der Waals surface area contributed by atoms with Crippen LogP contribution in [0.25, 0.3) is 27.7 Å². The van der Waals surface area contributed by atoms with Crippen molar-refractivity contribution in [3.8, 4) is 22.8 Å². The predicted octanol–water partition coefficient (Wildman–Crippen LogP) is 4.95. The van der Waals surface area contributed by atoms with Crippen LogP contribution in [0.1, 0.15) is 26.3 Å². The Morgan fingerprint density at radius 3 is 2.47 bits per heavy atom. The van der Waals surface area contributed by atoms with Crippen molar-refractivity contribution in [3.63, 3.8) is 0 Å². The SMILES string of the molecule is Cn1c(NC[C@H](Cc2ccccc2)NC(=O)OC(C)(C)C)nc(-c2ccncc2)c(-n2cc3cccc([N+](=O)[O-])c3c2O)c1=O. The largest absolute Gasteiger partial charge is 0.494 e. The normalized spacial score (nSPS) is 12.1. The molecule has 0 aliphatic heterocycles. The molecule has 0 saturated carbocycles. The van der Waals surface area contributed by atoms with Gasteiger partial charge in [0.15, 0.2) is 0 Å². The van der Waals surface area contributed by atoms with E-state index in [9.17, 15) is 24.8 Å². The molecule has 0 spiro atoms. The van der Waals surface area contributed by atoms with Crippen LogP contribution >= 0.6 is 0 Å². The monoisotopic (exact) mass is 611 g/mol. The van der Waals surface area contributed by atoms with Gasteiger partial charge in [0.25, 0.3) is 11.2 Å². The van der Waals surface area contributed by atoms with Gasteiger partial charge in [0.1, 0.15) is 22.4 Å². The first-order valence-electron chi connectivity index (χ1n) is 14.2. The molecule has 0 unspecified atom stereocenters. The number of aromatic hydroxyl groups is 1. The highest BCUT2D eigenvalue weighted by atomic mass is 16.6. The van der Waals surface area contributed by atoms with Gasteiger partial charge >= 0.3 is 6.09 Å². The number of anilines is 1. The van der Waals surface area contributed by atoms with E-state index in [0.29, 0.717) is 17.4 Å². The number of fused-ring (bicyclic) bond motifs is 1. The third-order valence-electron chi connectivity index (χ3n) is 7.01. The molecule has 0 bridgehead atoms. The van der Waals surface area contributed by atoms with Crippen LogP contribution in [0.4, 0.5) is 16.4 Å². The molecule has 5 aromatic rings. The highest BCUT2D eigenvalue weighted by Gasteiger charge is 2.26. The Kier molecular flexibility index (Phi) is 8.52. The summed E-state index contributed by atoms with van der Waals surface area (Å²) in [5.41, 5.74) is 0.201. The standard InChI is InChI=1S/C32H33N7O6/c1-32(2,3)45-31(42)35-23(17-20-9-6-5-7-10-20)18-34-30-36-26(21-13-15-33-16-14-21)27(29(41)37(30)4)38-19-22-11-8-12-24(39(43)44)25(22)28(38)40/h5-16,19,23,40H,17-18H2,1-4H3,(H,34,36)(H,35,42)/t23-/m0/s1. The first kappa shape index (κ1) is 30.7. The minimum Gasteiger partial charge on any atom is -0.494 e. The van der Waals surface area contributed by atoms with Gasteiger partial charge in [-0.3, -0.25) is 29.0 Å². The number of alkyl carbamates (subject to hydrolysis) is 1. The van der Waals surface area contributed by atoms with Gasteiger partial charge in [-0.2, -0.15) is 0 Å². The second-order valence-corrected chi connectivity index (χ2v) is 11.5. The Hall–Kier alpha value is -5.72. The van der Waals surface area contributed by atoms with E-state index in [-0.39, 0.29) is 34.9 Å². The maximum absolute atomic E-state index is 14.0. The number of non-ortho nitro benzene ring substituents is 1. The smallest absolute Gasteiger partial charge is 0.407 e. The van der Waals surface area contributed by atoms with Crippen molar-refractivity contribution >= 4 is 28.5 Å². The van der Waals surface area contributed by atoms with Crippen molar-refractivity contribution in [1.82, 2.24) is 24.4 Å². The quantitative estimate of drug-likeness (QED) is 0.154. The average Bonchev–Trinajstić information content (AvgIpc) is 3.33. The lowest BCUT2D eigenvalue weighted by Crippen LogP contribution is -2.44. The fourth-order valence-corrected chi connectivity index (χ4v) is 4.99. The lowest BCUT2D eigenvalue weighted by Gasteiger charge is -2.24. The van der Waals surface area contributed by atoms with E-state index >= 15 is 0 Å². The first-order chi connectivity index (χ1) is 21.4. The second-order valence-electron chi connectivity index (χ2n) is 11.5. The minimum atomic E-state index is -0.690. The van der Waals surface area contributed by atoms with E-state index in [4.69, 9.17) is 9.72 Å². The molecule has 0 fully saturated rings. The number of benzene rings is 2. The van der Waals surface area contributed by atoms with Crippen molar-refractivity contribution in [2.75, 3.05) is 11.9 Å². The van der Waals surface area contributed by atoms with Gasteiger partial charge in [0.05, 0.1) is 11.0 Å². The number of carbonyl (C=O) groups is 1. The number of hydrogen-bond acceptors (Lipinski definition) is 9. The molecule has 3 aromatic heterocycles. The highest BCUT2D eigenvalue weighted by molar-refractivity contribution is 5.96. The zero-order chi connectivity index (χ0) is 32.3. The lowest BCUT2D eigenvalue weighted by molar-refractivity contribution is -0.383. The second kappa shape index (κ2) is 12.5. The number of pyridine rings is 1. The van der Waals surface area contributed by atoms with Crippen LogP contribution in [0.3, 0.4) is 0 Å². The van der Waals surface area contributed by atoms with E-state index in [1.807, 2.05) is 30.3 Å². The number of nitro benzene ring substituents is 1. The molecule has 1 atom stereocenters. The van der Waals surface area contributed by atoms with E-state index in [1.54, 1.807) is 51.4 Å². The average molecular weight is 612 g/mol. The topological polar surface area (TPSA) is 166 Å². The molecule has 13 heteroatoms. The number of rotatable bonds is 9. The third kappa shape index (κ3) is 6.77. The van der Waals surface area contributed by atoms with Gasteiger partial charge in [0.2, 0.25) is 11.8 Å². The molecular weight excluding hydrogens is 578 g/mol. The van der Waals surface area contributed by atoms with Crippen molar-refractivity contribution in [2.24, 2.45) is 7.05 Å². The van der Waals surface area contributed by atoms with E-state index < -0.39 is 34.1 Å². The van der Waals surface area contributed by atoms with Crippen LogP contribution in [0.5, 0.6) is 5.88 Å². The molecule has 0 saturated heterocycles. The van der Waals surface area contributed by atoms with Crippen molar-refractivity contribution < 1.29 is 19.6 Å². The molecule has 0 radical (unpaired) electrons. The summed E-state index contributed by atoms with van der Waals surface area (Å²) in [4.78, 5) is 46.7. The summed E-state index contributed by atoms with van der Waals surface area (Å²) in [6.07, 6.45) is 4.45. The molecule has 13 nitrogen and oxygen atoms in total. The van der Waals surface area contributed by atoms with Gasteiger partial charge in [-0.1, -0.05) is 42.5 Å². The summed E-state index contributed by atoms with van der Waals surface area (Å²) >= 11 is 0. The number of nitrogens with one attached hydrogen (secondary N) is 2. The molecular formula is C32H33N7O6. The summed E-state index contributed by atoms with van der Waals surface area (Å²) in [5.74, 6) is -0.265. The van der Waals surface area contributed by atoms with Crippen LogP contribution in [-0.4, -0.2) is 53.4 Å². The fourth-order valence-electron chi connectivity index (χ4n) is 4.99. The summed E-state index contributed by atoms with van der Waals surface area (Å²) in [6, 6.07) is 16.9. The van der Waals surface area contributed by atoms with Gasteiger partial charge in [-0.05, 0) is 44.9 Å². The molecule has 45 heavy (non-hydrogen) atoms. The fraction of sp³-hybridized carbons (Fsp3) is 0.250. The number of ether oxygens (including phenoxy) is 1. The third-order valence-corrected chi connectivity index (χ3v) is 7.01.